The molecular weight excluding hydrogens is 387 g/mol. The number of benzene rings is 2. The standard InChI is InChI=1S/C23H29FN2O4/c1-5-16(2)25-23(28)17(3)26(14-18-6-10-20(29-4)11-7-18)22(27)15-30-21-12-8-19(24)9-13-21/h6-13,16-17H,5,14-15H2,1-4H3,(H,25,28)/t16-,17-/m0/s1. The minimum absolute atomic E-state index is 0.00773. The fourth-order valence-corrected chi connectivity index (χ4v) is 2.73. The van der Waals surface area contributed by atoms with Crippen LogP contribution in [0.1, 0.15) is 32.8 Å². The van der Waals surface area contributed by atoms with Crippen molar-refractivity contribution in [2.75, 3.05) is 13.7 Å². The second-order valence-electron chi connectivity index (χ2n) is 7.11. The van der Waals surface area contributed by atoms with Gasteiger partial charge in [-0.3, -0.25) is 9.59 Å². The Hall–Kier alpha value is -3.09. The van der Waals surface area contributed by atoms with E-state index in [1.165, 1.54) is 29.2 Å². The molecule has 0 fully saturated rings. The molecule has 162 valence electrons. The average molecular weight is 416 g/mol. The van der Waals surface area contributed by atoms with E-state index < -0.39 is 6.04 Å². The number of nitrogens with one attached hydrogen (secondary N) is 1. The quantitative estimate of drug-likeness (QED) is 0.643. The first-order valence-electron chi connectivity index (χ1n) is 9.95. The topological polar surface area (TPSA) is 67.9 Å². The number of halogens is 1. The Morgan fingerprint density at radius 2 is 1.63 bits per heavy atom. The number of carbonyl (C=O) groups is 2. The van der Waals surface area contributed by atoms with Gasteiger partial charge in [0, 0.05) is 12.6 Å². The molecule has 0 saturated heterocycles. The number of nitrogens with zero attached hydrogens (tertiary/aromatic N) is 1. The van der Waals surface area contributed by atoms with E-state index in [0.717, 1.165) is 12.0 Å². The maximum absolute atomic E-state index is 13.1. The van der Waals surface area contributed by atoms with Crippen molar-refractivity contribution in [2.45, 2.75) is 45.8 Å². The van der Waals surface area contributed by atoms with Crippen molar-refractivity contribution in [1.82, 2.24) is 10.2 Å². The normalized spacial score (nSPS) is 12.6. The van der Waals surface area contributed by atoms with Crippen molar-refractivity contribution in [1.29, 1.82) is 0 Å². The monoisotopic (exact) mass is 416 g/mol. The van der Waals surface area contributed by atoms with Crippen LogP contribution in [-0.2, 0) is 16.1 Å². The van der Waals surface area contributed by atoms with Gasteiger partial charge >= 0.3 is 0 Å². The lowest BCUT2D eigenvalue weighted by Crippen LogP contribution is -2.50. The lowest BCUT2D eigenvalue weighted by atomic mass is 10.1. The average Bonchev–Trinajstić information content (AvgIpc) is 2.76. The summed E-state index contributed by atoms with van der Waals surface area (Å²) in [5.41, 5.74) is 0.856. The van der Waals surface area contributed by atoms with E-state index >= 15 is 0 Å². The van der Waals surface area contributed by atoms with Gasteiger partial charge < -0.3 is 19.7 Å². The molecule has 2 aromatic rings. The first-order chi connectivity index (χ1) is 14.3. The van der Waals surface area contributed by atoms with E-state index in [1.807, 2.05) is 26.0 Å². The Kier molecular flexibility index (Phi) is 8.65. The molecule has 1 N–H and O–H groups in total. The molecule has 2 rings (SSSR count). The molecule has 0 heterocycles. The predicted octanol–water partition coefficient (Wildman–Crippen LogP) is 3.55. The van der Waals surface area contributed by atoms with E-state index in [9.17, 15) is 14.0 Å². The maximum atomic E-state index is 13.1. The van der Waals surface area contributed by atoms with Gasteiger partial charge in [-0.25, -0.2) is 4.39 Å². The summed E-state index contributed by atoms with van der Waals surface area (Å²) in [4.78, 5) is 27.1. The summed E-state index contributed by atoms with van der Waals surface area (Å²) in [6, 6.07) is 12.0. The number of methoxy groups -OCH3 is 1. The van der Waals surface area contributed by atoms with E-state index in [-0.39, 0.29) is 36.8 Å². The number of carbonyl (C=O) groups excluding carboxylic acids is 2. The lowest BCUT2D eigenvalue weighted by Gasteiger charge is -2.29. The highest BCUT2D eigenvalue weighted by atomic mass is 19.1. The van der Waals surface area contributed by atoms with Gasteiger partial charge in [0.25, 0.3) is 5.91 Å². The van der Waals surface area contributed by atoms with E-state index in [1.54, 1.807) is 26.2 Å². The third kappa shape index (κ3) is 6.76. The number of hydrogen-bond acceptors (Lipinski definition) is 4. The van der Waals surface area contributed by atoms with Gasteiger partial charge in [0.15, 0.2) is 6.61 Å². The summed E-state index contributed by atoms with van der Waals surface area (Å²) in [5.74, 6) is 0.129. The Morgan fingerprint density at radius 3 is 2.20 bits per heavy atom. The second kappa shape index (κ2) is 11.2. The summed E-state index contributed by atoms with van der Waals surface area (Å²) in [5, 5.41) is 2.91. The molecule has 0 aliphatic carbocycles. The van der Waals surface area contributed by atoms with E-state index in [2.05, 4.69) is 5.32 Å². The third-order valence-corrected chi connectivity index (χ3v) is 4.86. The van der Waals surface area contributed by atoms with Crippen LogP contribution >= 0.6 is 0 Å². The van der Waals surface area contributed by atoms with Crippen LogP contribution in [0.2, 0.25) is 0 Å². The smallest absolute Gasteiger partial charge is 0.261 e. The molecule has 2 aromatic carbocycles. The lowest BCUT2D eigenvalue weighted by molar-refractivity contribution is -0.142. The summed E-state index contributed by atoms with van der Waals surface area (Å²) < 4.78 is 23.7. The van der Waals surface area contributed by atoms with Crippen LogP contribution in [-0.4, -0.2) is 42.5 Å². The summed E-state index contributed by atoms with van der Waals surface area (Å²) in [6.07, 6.45) is 0.790. The number of amides is 2. The molecule has 0 aliphatic rings. The highest BCUT2D eigenvalue weighted by Crippen LogP contribution is 2.16. The predicted molar refractivity (Wildman–Crippen MR) is 113 cm³/mol. The SMILES string of the molecule is CC[C@H](C)NC(=O)[C@H](C)N(Cc1ccc(OC)cc1)C(=O)COc1ccc(F)cc1. The van der Waals surface area contributed by atoms with Crippen molar-refractivity contribution >= 4 is 11.8 Å². The van der Waals surface area contributed by atoms with Crippen LogP contribution in [0.4, 0.5) is 4.39 Å². The Morgan fingerprint density at radius 1 is 1.03 bits per heavy atom. The van der Waals surface area contributed by atoms with Crippen LogP contribution < -0.4 is 14.8 Å². The first kappa shape index (κ1) is 23.2. The van der Waals surface area contributed by atoms with E-state index in [4.69, 9.17) is 9.47 Å². The van der Waals surface area contributed by atoms with Crippen LogP contribution in [0.25, 0.3) is 0 Å². The molecule has 0 radical (unpaired) electrons. The molecule has 0 unspecified atom stereocenters. The molecule has 2 amide bonds. The van der Waals surface area contributed by atoms with Crippen molar-refractivity contribution in [2.24, 2.45) is 0 Å². The van der Waals surface area contributed by atoms with Gasteiger partial charge in [0.1, 0.15) is 23.4 Å². The number of hydrogen-bond donors (Lipinski definition) is 1. The molecular formula is C23H29FN2O4. The highest BCUT2D eigenvalue weighted by molar-refractivity contribution is 5.88. The number of rotatable bonds is 10. The van der Waals surface area contributed by atoms with Crippen molar-refractivity contribution in [3.05, 3.63) is 59.9 Å². The fraction of sp³-hybridized carbons (Fsp3) is 0.391. The van der Waals surface area contributed by atoms with Gasteiger partial charge in [-0.1, -0.05) is 19.1 Å². The van der Waals surface area contributed by atoms with Crippen molar-refractivity contribution in [3.8, 4) is 11.5 Å². The zero-order valence-electron chi connectivity index (χ0n) is 17.9. The summed E-state index contributed by atoms with van der Waals surface area (Å²) in [6.45, 7) is 5.56. The van der Waals surface area contributed by atoms with Gasteiger partial charge in [-0.15, -0.1) is 0 Å². The highest BCUT2D eigenvalue weighted by Gasteiger charge is 2.27. The van der Waals surface area contributed by atoms with Crippen LogP contribution in [0.5, 0.6) is 11.5 Å². The molecule has 7 heteroatoms. The Labute approximate surface area is 177 Å². The summed E-state index contributed by atoms with van der Waals surface area (Å²) >= 11 is 0. The molecule has 30 heavy (non-hydrogen) atoms. The first-order valence-corrected chi connectivity index (χ1v) is 9.95. The third-order valence-electron chi connectivity index (χ3n) is 4.86. The Bertz CT molecular complexity index is 824. The zero-order valence-corrected chi connectivity index (χ0v) is 17.9. The Balaban J connectivity index is 2.14. The van der Waals surface area contributed by atoms with Crippen molar-refractivity contribution < 1.29 is 23.5 Å². The summed E-state index contributed by atoms with van der Waals surface area (Å²) in [7, 11) is 1.58. The molecule has 0 spiro atoms. The van der Waals surface area contributed by atoms with E-state index in [0.29, 0.717) is 11.5 Å². The van der Waals surface area contributed by atoms with Crippen molar-refractivity contribution in [3.63, 3.8) is 0 Å². The minimum Gasteiger partial charge on any atom is -0.497 e. The molecule has 6 nitrogen and oxygen atoms in total. The van der Waals surface area contributed by atoms with Crippen LogP contribution in [0.15, 0.2) is 48.5 Å². The molecule has 2 atom stereocenters. The zero-order chi connectivity index (χ0) is 22.1. The second-order valence-corrected chi connectivity index (χ2v) is 7.11. The molecule has 0 aliphatic heterocycles. The number of ether oxygens (including phenoxy) is 2. The maximum Gasteiger partial charge on any atom is 0.261 e. The minimum atomic E-state index is -0.689. The van der Waals surface area contributed by atoms with Gasteiger partial charge in [-0.05, 0) is 62.2 Å². The van der Waals surface area contributed by atoms with Crippen LogP contribution in [0, 0.1) is 5.82 Å². The molecule has 0 aromatic heterocycles. The van der Waals surface area contributed by atoms with Crippen LogP contribution in [0.3, 0.4) is 0 Å². The van der Waals surface area contributed by atoms with Gasteiger partial charge in [0.2, 0.25) is 5.91 Å². The van der Waals surface area contributed by atoms with Gasteiger partial charge in [0.05, 0.1) is 7.11 Å². The van der Waals surface area contributed by atoms with Gasteiger partial charge in [-0.2, -0.15) is 0 Å². The fourth-order valence-electron chi connectivity index (χ4n) is 2.73. The largest absolute Gasteiger partial charge is 0.497 e. The molecule has 0 bridgehead atoms. The molecule has 0 saturated carbocycles.